The van der Waals surface area contributed by atoms with Crippen LogP contribution in [0.3, 0.4) is 0 Å². The molecule has 0 amide bonds. The van der Waals surface area contributed by atoms with Crippen LogP contribution in [0.15, 0.2) is 96.0 Å². The number of nitro groups is 1. The van der Waals surface area contributed by atoms with Crippen LogP contribution in [0.4, 0.5) is 5.69 Å². The predicted molar refractivity (Wildman–Crippen MR) is 169 cm³/mol. The molecular formula is C32H30ClN5O5S. The topological polar surface area (TPSA) is 110 Å². The maximum absolute atomic E-state index is 13.3. The van der Waals surface area contributed by atoms with Crippen LogP contribution in [0.5, 0.6) is 5.75 Å². The molecule has 1 saturated heterocycles. The van der Waals surface area contributed by atoms with Crippen molar-refractivity contribution in [3.8, 4) is 28.1 Å². The van der Waals surface area contributed by atoms with Crippen LogP contribution in [-0.2, 0) is 16.6 Å². The van der Waals surface area contributed by atoms with E-state index < -0.39 is 14.9 Å². The first kappa shape index (κ1) is 29.8. The number of halogens is 1. The van der Waals surface area contributed by atoms with Gasteiger partial charge in [0.1, 0.15) is 11.4 Å². The highest BCUT2D eigenvalue weighted by Gasteiger charge is 2.30. The van der Waals surface area contributed by atoms with Crippen LogP contribution in [0.25, 0.3) is 28.0 Å². The Morgan fingerprint density at radius 2 is 1.61 bits per heavy atom. The molecule has 44 heavy (non-hydrogen) atoms. The first-order valence-electron chi connectivity index (χ1n) is 14.2. The first-order chi connectivity index (χ1) is 21.2. The Morgan fingerprint density at radius 3 is 2.30 bits per heavy atom. The monoisotopic (exact) mass is 631 g/mol. The fourth-order valence-electron chi connectivity index (χ4n) is 5.41. The second kappa shape index (κ2) is 12.4. The van der Waals surface area contributed by atoms with Gasteiger partial charge in [-0.1, -0.05) is 35.9 Å². The van der Waals surface area contributed by atoms with E-state index in [2.05, 4.69) is 15.5 Å². The number of fused-ring (bicyclic) bond motifs is 1. The van der Waals surface area contributed by atoms with Crippen molar-refractivity contribution in [3.05, 3.63) is 112 Å². The van der Waals surface area contributed by atoms with Crippen LogP contribution < -0.4 is 4.74 Å². The maximum Gasteiger partial charge on any atom is 0.269 e. The number of rotatable bonds is 9. The molecule has 0 saturated carbocycles. The second-order valence-electron chi connectivity index (χ2n) is 10.5. The van der Waals surface area contributed by atoms with Gasteiger partial charge < -0.3 is 9.14 Å². The van der Waals surface area contributed by atoms with Gasteiger partial charge in [-0.15, -0.1) is 0 Å². The normalized spacial score (nSPS) is 14.6. The summed E-state index contributed by atoms with van der Waals surface area (Å²) in [5, 5.41) is 11.6. The zero-order chi connectivity index (χ0) is 30.8. The summed E-state index contributed by atoms with van der Waals surface area (Å²) in [6, 6.07) is 24.6. The van der Waals surface area contributed by atoms with E-state index in [1.54, 1.807) is 0 Å². The molecule has 0 N–H and O–H groups in total. The number of pyridine rings is 1. The molecule has 3 heterocycles. The molecule has 12 heteroatoms. The summed E-state index contributed by atoms with van der Waals surface area (Å²) in [6.45, 7) is 4.70. The standard InChI is InChI=1S/C32H30ClN5O5S/c1-2-43-28-5-3-4-24(20-28)25-8-15-31-34-32(23-6-9-26(33)10-7-23)30(37(31)21-25)22-35-16-18-36(19-17-35)44(41,42)29-13-11-27(12-14-29)38(39)40/h3-15,20-21H,2,16-19,22H2,1H3. The highest BCUT2D eigenvalue weighted by atomic mass is 35.5. The second-order valence-corrected chi connectivity index (χ2v) is 12.8. The zero-order valence-electron chi connectivity index (χ0n) is 24.0. The third-order valence-corrected chi connectivity index (χ3v) is 9.87. The van der Waals surface area contributed by atoms with E-state index in [4.69, 9.17) is 21.3 Å². The molecule has 226 valence electrons. The van der Waals surface area contributed by atoms with Crippen molar-refractivity contribution in [2.75, 3.05) is 32.8 Å². The van der Waals surface area contributed by atoms with Crippen molar-refractivity contribution < 1.29 is 18.1 Å². The molecule has 6 rings (SSSR count). The third-order valence-electron chi connectivity index (χ3n) is 7.70. The number of hydrogen-bond acceptors (Lipinski definition) is 7. The molecule has 5 aromatic rings. The lowest BCUT2D eigenvalue weighted by atomic mass is 10.1. The lowest BCUT2D eigenvalue weighted by Gasteiger charge is -2.34. The predicted octanol–water partition coefficient (Wildman–Crippen LogP) is 6.14. The lowest BCUT2D eigenvalue weighted by Crippen LogP contribution is -2.48. The number of nitrogens with zero attached hydrogens (tertiary/aromatic N) is 5. The average molecular weight is 632 g/mol. The van der Waals surface area contributed by atoms with Gasteiger partial charge in [0.25, 0.3) is 5.69 Å². The maximum atomic E-state index is 13.3. The summed E-state index contributed by atoms with van der Waals surface area (Å²) in [5.74, 6) is 0.805. The number of nitro benzene ring substituents is 1. The zero-order valence-corrected chi connectivity index (χ0v) is 25.5. The molecule has 10 nitrogen and oxygen atoms in total. The van der Waals surface area contributed by atoms with Crippen molar-refractivity contribution >= 4 is 33.0 Å². The first-order valence-corrected chi connectivity index (χ1v) is 16.0. The molecule has 3 aromatic carbocycles. The van der Waals surface area contributed by atoms with Crippen molar-refractivity contribution in [3.63, 3.8) is 0 Å². The molecule has 0 bridgehead atoms. The summed E-state index contributed by atoms with van der Waals surface area (Å²) in [5.41, 5.74) is 5.44. The summed E-state index contributed by atoms with van der Waals surface area (Å²) in [4.78, 5) is 17.7. The Morgan fingerprint density at radius 1 is 0.909 bits per heavy atom. The Kier molecular flexibility index (Phi) is 8.37. The molecule has 0 aliphatic carbocycles. The quantitative estimate of drug-likeness (QED) is 0.142. The van der Waals surface area contributed by atoms with Crippen molar-refractivity contribution in [2.24, 2.45) is 0 Å². The SMILES string of the molecule is CCOc1cccc(-c2ccc3nc(-c4ccc(Cl)cc4)c(CN4CCN(S(=O)(=O)c5ccc([N+](=O)[O-])cc5)CC4)n3c2)c1. The molecule has 2 aromatic heterocycles. The van der Waals surface area contributed by atoms with Gasteiger partial charge in [0, 0.05) is 61.6 Å². The summed E-state index contributed by atoms with van der Waals surface area (Å²) >= 11 is 6.19. The minimum atomic E-state index is -3.78. The van der Waals surface area contributed by atoms with Crippen LogP contribution in [-0.4, -0.2) is 64.7 Å². The number of hydrogen-bond donors (Lipinski definition) is 0. The van der Waals surface area contributed by atoms with Crippen LogP contribution in [0.1, 0.15) is 12.6 Å². The van der Waals surface area contributed by atoms with Gasteiger partial charge in [-0.2, -0.15) is 4.31 Å². The highest BCUT2D eigenvalue weighted by molar-refractivity contribution is 7.89. The Bertz CT molecular complexity index is 1920. The Hall–Kier alpha value is -4.29. The van der Waals surface area contributed by atoms with E-state index in [-0.39, 0.29) is 10.6 Å². The van der Waals surface area contributed by atoms with Crippen molar-refractivity contribution in [1.82, 2.24) is 18.6 Å². The van der Waals surface area contributed by atoms with Crippen LogP contribution >= 0.6 is 11.6 Å². The molecule has 1 fully saturated rings. The van der Waals surface area contributed by atoms with Crippen LogP contribution in [0.2, 0.25) is 5.02 Å². The van der Waals surface area contributed by atoms with Crippen molar-refractivity contribution in [1.29, 1.82) is 0 Å². The average Bonchev–Trinajstić information content (AvgIpc) is 3.39. The van der Waals surface area contributed by atoms with Gasteiger partial charge in [-0.25, -0.2) is 13.4 Å². The van der Waals surface area contributed by atoms with E-state index in [0.29, 0.717) is 44.4 Å². The lowest BCUT2D eigenvalue weighted by molar-refractivity contribution is -0.384. The molecule has 1 aliphatic heterocycles. The minimum absolute atomic E-state index is 0.0456. The molecule has 0 unspecified atom stereocenters. The number of ether oxygens (including phenoxy) is 1. The molecule has 0 atom stereocenters. The summed E-state index contributed by atoms with van der Waals surface area (Å²) in [7, 11) is -3.78. The Balaban J connectivity index is 1.29. The molecular weight excluding hydrogens is 602 g/mol. The Labute approximate surface area is 260 Å². The van der Waals surface area contributed by atoms with Gasteiger partial charge in [0.05, 0.1) is 27.8 Å². The molecule has 0 spiro atoms. The van der Waals surface area contributed by atoms with Gasteiger partial charge in [0.2, 0.25) is 10.0 Å². The molecule has 0 radical (unpaired) electrons. The smallest absolute Gasteiger partial charge is 0.269 e. The number of piperazine rings is 1. The van der Waals surface area contributed by atoms with E-state index in [1.165, 1.54) is 28.6 Å². The van der Waals surface area contributed by atoms with Gasteiger partial charge in [-0.3, -0.25) is 15.0 Å². The van der Waals surface area contributed by atoms with Gasteiger partial charge in [-0.05, 0) is 66.6 Å². The minimum Gasteiger partial charge on any atom is -0.494 e. The van der Waals surface area contributed by atoms with Gasteiger partial charge >= 0.3 is 0 Å². The molecule has 1 aliphatic rings. The van der Waals surface area contributed by atoms with E-state index in [0.717, 1.165) is 39.5 Å². The number of aromatic nitrogens is 2. The number of non-ortho nitro benzene ring substituents is 1. The fourth-order valence-corrected chi connectivity index (χ4v) is 6.96. The number of imidazole rings is 1. The van der Waals surface area contributed by atoms with Crippen LogP contribution in [0, 0.1) is 10.1 Å². The van der Waals surface area contributed by atoms with Crippen molar-refractivity contribution in [2.45, 2.75) is 18.4 Å². The number of benzene rings is 3. The number of sulfonamides is 1. The largest absolute Gasteiger partial charge is 0.494 e. The van der Waals surface area contributed by atoms with E-state index >= 15 is 0 Å². The highest BCUT2D eigenvalue weighted by Crippen LogP contribution is 2.31. The third kappa shape index (κ3) is 6.04. The van der Waals surface area contributed by atoms with Gasteiger partial charge in [0.15, 0.2) is 0 Å². The fraction of sp³-hybridized carbons (Fsp3) is 0.219. The van der Waals surface area contributed by atoms with E-state index in [9.17, 15) is 18.5 Å². The summed E-state index contributed by atoms with van der Waals surface area (Å²) in [6.07, 6.45) is 2.08. The summed E-state index contributed by atoms with van der Waals surface area (Å²) < 4.78 is 35.8. The van der Waals surface area contributed by atoms with E-state index in [1.807, 2.05) is 67.6 Å².